The Balaban J connectivity index is 2.52. The number of rotatable bonds is 5. The van der Waals surface area contributed by atoms with Gasteiger partial charge in [0, 0.05) is 13.1 Å². The molecule has 0 aliphatic carbocycles. The molecule has 0 atom stereocenters. The van der Waals surface area contributed by atoms with Crippen LogP contribution in [-0.4, -0.2) is 24.5 Å². The molecule has 0 saturated heterocycles. The van der Waals surface area contributed by atoms with Crippen LogP contribution in [0.15, 0.2) is 6.07 Å². The molecule has 0 fully saturated rings. The van der Waals surface area contributed by atoms with Gasteiger partial charge in [-0.2, -0.15) is 10.2 Å². The molecule has 5 nitrogen and oxygen atoms in total. The minimum absolute atomic E-state index is 0.520. The highest BCUT2D eigenvalue weighted by Crippen LogP contribution is 2.20. The zero-order valence-electron chi connectivity index (χ0n) is 12.0. The summed E-state index contributed by atoms with van der Waals surface area (Å²) in [5.41, 5.74) is 2.12. The second kappa shape index (κ2) is 5.69. The van der Waals surface area contributed by atoms with E-state index in [-0.39, 0.29) is 0 Å². The number of H-pyrrole nitrogens is 1. The lowest BCUT2D eigenvalue weighted by Gasteiger charge is -2.09. The molecule has 19 heavy (non-hydrogen) atoms. The molecule has 0 unspecified atom stereocenters. The van der Waals surface area contributed by atoms with Crippen LogP contribution in [0.5, 0.6) is 0 Å². The van der Waals surface area contributed by atoms with Gasteiger partial charge < -0.3 is 0 Å². The Morgan fingerprint density at radius 1 is 1.37 bits per heavy atom. The van der Waals surface area contributed by atoms with Crippen molar-refractivity contribution in [2.24, 2.45) is 5.92 Å². The van der Waals surface area contributed by atoms with Crippen molar-refractivity contribution in [1.29, 1.82) is 0 Å². The van der Waals surface area contributed by atoms with E-state index in [4.69, 9.17) is 12.2 Å². The largest absolute Gasteiger partial charge is 0.299 e. The molecule has 1 N–H and O–H groups in total. The average molecular weight is 279 g/mol. The van der Waals surface area contributed by atoms with Crippen LogP contribution in [0.2, 0.25) is 0 Å². The van der Waals surface area contributed by atoms with E-state index in [9.17, 15) is 0 Å². The van der Waals surface area contributed by atoms with Gasteiger partial charge in [-0.25, -0.2) is 0 Å². The van der Waals surface area contributed by atoms with E-state index in [2.05, 4.69) is 53.6 Å². The van der Waals surface area contributed by atoms with Crippen molar-refractivity contribution in [3.63, 3.8) is 0 Å². The molecule has 0 amide bonds. The molecule has 0 bridgehead atoms. The highest BCUT2D eigenvalue weighted by Gasteiger charge is 2.15. The van der Waals surface area contributed by atoms with Crippen molar-refractivity contribution in [2.75, 3.05) is 0 Å². The maximum absolute atomic E-state index is 5.32. The number of nitrogens with zero attached hydrogens (tertiary/aromatic N) is 4. The molecule has 0 aliphatic rings. The van der Waals surface area contributed by atoms with Gasteiger partial charge in [0.2, 0.25) is 0 Å². The molecule has 0 spiro atoms. The Morgan fingerprint density at radius 3 is 2.68 bits per heavy atom. The van der Waals surface area contributed by atoms with Crippen LogP contribution >= 0.6 is 12.2 Å². The van der Waals surface area contributed by atoms with E-state index >= 15 is 0 Å². The van der Waals surface area contributed by atoms with E-state index in [1.807, 2.05) is 4.68 Å². The van der Waals surface area contributed by atoms with E-state index < -0.39 is 0 Å². The molecule has 2 rings (SSSR count). The molecule has 2 aromatic heterocycles. The summed E-state index contributed by atoms with van der Waals surface area (Å²) in [5, 5.41) is 11.8. The minimum Gasteiger partial charge on any atom is -0.299 e. The lowest BCUT2D eigenvalue weighted by molar-refractivity contribution is 0.519. The standard InChI is InChI=1S/C13H21N5S/c1-5-10-7-11(18(6-2)16-10)12-14-15-13(19)17(12)8-9(3)4/h7,9H,5-6,8H2,1-4H3,(H,15,19). The zero-order chi connectivity index (χ0) is 14.0. The van der Waals surface area contributed by atoms with Gasteiger partial charge in [-0.15, -0.1) is 0 Å². The fourth-order valence-corrected chi connectivity index (χ4v) is 2.32. The maximum atomic E-state index is 5.32. The highest BCUT2D eigenvalue weighted by molar-refractivity contribution is 7.71. The Morgan fingerprint density at radius 2 is 2.11 bits per heavy atom. The third kappa shape index (κ3) is 2.78. The van der Waals surface area contributed by atoms with Crippen LogP contribution in [0.4, 0.5) is 0 Å². The Labute approximate surface area is 118 Å². The Kier molecular flexibility index (Phi) is 4.19. The van der Waals surface area contributed by atoms with E-state index in [0.717, 1.165) is 36.7 Å². The van der Waals surface area contributed by atoms with E-state index in [1.54, 1.807) is 0 Å². The molecule has 0 aromatic carbocycles. The molecule has 2 aromatic rings. The second-order valence-corrected chi connectivity index (χ2v) is 5.43. The smallest absolute Gasteiger partial charge is 0.195 e. The van der Waals surface area contributed by atoms with Crippen molar-refractivity contribution in [1.82, 2.24) is 24.5 Å². The summed E-state index contributed by atoms with van der Waals surface area (Å²) in [6.45, 7) is 10.2. The quantitative estimate of drug-likeness (QED) is 0.856. The first kappa shape index (κ1) is 14.0. The number of hydrogen-bond donors (Lipinski definition) is 1. The lowest BCUT2D eigenvalue weighted by atomic mass is 10.2. The van der Waals surface area contributed by atoms with Crippen LogP contribution in [0.25, 0.3) is 11.5 Å². The average Bonchev–Trinajstić information content (AvgIpc) is 2.93. The summed E-state index contributed by atoms with van der Waals surface area (Å²) in [7, 11) is 0. The fraction of sp³-hybridized carbons (Fsp3) is 0.615. The van der Waals surface area contributed by atoms with Gasteiger partial charge in [0.05, 0.1) is 5.69 Å². The molecular formula is C13H21N5S. The number of aromatic nitrogens is 5. The summed E-state index contributed by atoms with van der Waals surface area (Å²) >= 11 is 5.32. The Hall–Kier alpha value is -1.43. The third-order valence-electron chi connectivity index (χ3n) is 3.03. The predicted molar refractivity (Wildman–Crippen MR) is 78.5 cm³/mol. The van der Waals surface area contributed by atoms with Gasteiger partial charge in [-0.1, -0.05) is 20.8 Å². The van der Waals surface area contributed by atoms with Crippen molar-refractivity contribution in [3.8, 4) is 11.5 Å². The minimum atomic E-state index is 0.520. The summed E-state index contributed by atoms with van der Waals surface area (Å²) in [6.07, 6.45) is 0.926. The first-order chi connectivity index (χ1) is 9.06. The SMILES string of the molecule is CCc1cc(-c2n[nH]c(=S)n2CC(C)C)n(CC)n1. The van der Waals surface area contributed by atoms with Gasteiger partial charge in [0.25, 0.3) is 0 Å². The molecule has 0 saturated carbocycles. The number of aromatic amines is 1. The van der Waals surface area contributed by atoms with Crippen molar-refractivity contribution < 1.29 is 0 Å². The van der Waals surface area contributed by atoms with Gasteiger partial charge >= 0.3 is 0 Å². The second-order valence-electron chi connectivity index (χ2n) is 5.05. The normalized spacial score (nSPS) is 11.4. The van der Waals surface area contributed by atoms with Crippen LogP contribution in [-0.2, 0) is 19.5 Å². The maximum Gasteiger partial charge on any atom is 0.195 e. The molecule has 2 heterocycles. The van der Waals surface area contributed by atoms with Gasteiger partial charge in [0.15, 0.2) is 10.6 Å². The van der Waals surface area contributed by atoms with Crippen LogP contribution in [0.3, 0.4) is 0 Å². The molecule has 6 heteroatoms. The van der Waals surface area contributed by atoms with Crippen LogP contribution in [0.1, 0.15) is 33.4 Å². The van der Waals surface area contributed by atoms with Crippen LogP contribution < -0.4 is 0 Å². The first-order valence-electron chi connectivity index (χ1n) is 6.79. The number of hydrogen-bond acceptors (Lipinski definition) is 3. The summed E-state index contributed by atoms with van der Waals surface area (Å²) in [5.74, 6) is 1.40. The van der Waals surface area contributed by atoms with Crippen molar-refractivity contribution in [3.05, 3.63) is 16.5 Å². The van der Waals surface area contributed by atoms with E-state index in [1.165, 1.54) is 0 Å². The summed E-state index contributed by atoms with van der Waals surface area (Å²) in [4.78, 5) is 0. The fourth-order valence-electron chi connectivity index (χ4n) is 2.11. The molecular weight excluding hydrogens is 258 g/mol. The zero-order valence-corrected chi connectivity index (χ0v) is 12.8. The molecule has 104 valence electrons. The third-order valence-corrected chi connectivity index (χ3v) is 3.34. The van der Waals surface area contributed by atoms with Crippen molar-refractivity contribution >= 4 is 12.2 Å². The van der Waals surface area contributed by atoms with E-state index in [0.29, 0.717) is 10.7 Å². The predicted octanol–water partition coefficient (Wildman–Crippen LogP) is 3.04. The first-order valence-corrected chi connectivity index (χ1v) is 7.19. The number of aryl methyl sites for hydroxylation is 2. The topological polar surface area (TPSA) is 51.4 Å². The van der Waals surface area contributed by atoms with Crippen molar-refractivity contribution in [2.45, 2.75) is 47.2 Å². The van der Waals surface area contributed by atoms with Gasteiger partial charge in [0.1, 0.15) is 5.69 Å². The summed E-state index contributed by atoms with van der Waals surface area (Å²) in [6, 6.07) is 2.10. The highest BCUT2D eigenvalue weighted by atomic mass is 32.1. The van der Waals surface area contributed by atoms with Gasteiger partial charge in [-0.05, 0) is 37.5 Å². The molecule has 0 aliphatic heterocycles. The number of nitrogens with one attached hydrogen (secondary N) is 1. The van der Waals surface area contributed by atoms with Crippen LogP contribution in [0, 0.1) is 10.7 Å². The monoisotopic (exact) mass is 279 g/mol. The summed E-state index contributed by atoms with van der Waals surface area (Å²) < 4.78 is 4.72. The Bertz CT molecular complexity index is 605. The van der Waals surface area contributed by atoms with Gasteiger partial charge in [-0.3, -0.25) is 14.3 Å². The molecule has 0 radical (unpaired) electrons. The lowest BCUT2D eigenvalue weighted by Crippen LogP contribution is -2.09.